The molecule has 4 rings (SSSR count). The molecule has 3 nitrogen and oxygen atoms in total. The van der Waals surface area contributed by atoms with E-state index in [2.05, 4.69) is 46.4 Å². The first kappa shape index (κ1) is 13.4. The number of hydrogen-bond acceptors (Lipinski definition) is 2. The molecular weight excluding hydrogens is 258 g/mol. The minimum Gasteiger partial charge on any atom is -0.358 e. The Labute approximate surface area is 126 Å². The Balaban J connectivity index is 1.57. The van der Waals surface area contributed by atoms with Gasteiger partial charge in [-0.2, -0.15) is 0 Å². The third-order valence-corrected chi connectivity index (χ3v) is 5.07. The molecule has 1 saturated heterocycles. The van der Waals surface area contributed by atoms with Crippen LogP contribution in [-0.4, -0.2) is 35.1 Å². The van der Waals surface area contributed by atoms with E-state index in [0.717, 1.165) is 12.6 Å². The smallest absolute Gasteiger partial charge is 0.0459 e. The quantitative estimate of drug-likeness (QED) is 0.883. The summed E-state index contributed by atoms with van der Waals surface area (Å²) in [6, 6.07) is 10.2. The average Bonchev–Trinajstić information content (AvgIpc) is 3.12. The van der Waals surface area contributed by atoms with E-state index in [1.807, 2.05) is 0 Å². The fraction of sp³-hybridized carbons (Fsp3) is 0.556. The Bertz CT molecular complexity index is 620. The van der Waals surface area contributed by atoms with Crippen molar-refractivity contribution in [1.29, 1.82) is 0 Å². The minimum atomic E-state index is 0.705. The number of rotatable bonds is 5. The van der Waals surface area contributed by atoms with Gasteiger partial charge in [-0.25, -0.2) is 0 Å². The molecule has 2 fully saturated rings. The molecule has 2 N–H and O–H groups in total. The molecule has 0 amide bonds. The standard InChI is InChI=1S/C18H25N3/c1-13-17(16-6-2-3-7-18(16)20-13)12-21(15-8-9-15)11-14-5-4-10-19-14/h2-3,6-7,14-15,19-20H,4-5,8-12H2,1H3. The predicted molar refractivity (Wildman–Crippen MR) is 87.5 cm³/mol. The van der Waals surface area contributed by atoms with Crippen molar-refractivity contribution in [3.63, 3.8) is 0 Å². The van der Waals surface area contributed by atoms with Crippen LogP contribution in [0.1, 0.15) is 36.9 Å². The van der Waals surface area contributed by atoms with Crippen LogP contribution in [0, 0.1) is 6.92 Å². The van der Waals surface area contributed by atoms with Gasteiger partial charge in [0.1, 0.15) is 0 Å². The number of para-hydroxylation sites is 1. The fourth-order valence-electron chi connectivity index (χ4n) is 3.72. The van der Waals surface area contributed by atoms with Crippen LogP contribution in [0.4, 0.5) is 0 Å². The molecule has 2 aliphatic rings. The molecule has 1 aromatic carbocycles. The molecule has 2 heterocycles. The first-order valence-electron chi connectivity index (χ1n) is 8.35. The Hall–Kier alpha value is -1.32. The van der Waals surface area contributed by atoms with Crippen LogP contribution in [0.3, 0.4) is 0 Å². The highest BCUT2D eigenvalue weighted by molar-refractivity contribution is 5.84. The maximum Gasteiger partial charge on any atom is 0.0459 e. The number of aromatic amines is 1. The minimum absolute atomic E-state index is 0.705. The Morgan fingerprint density at radius 1 is 1.19 bits per heavy atom. The summed E-state index contributed by atoms with van der Waals surface area (Å²) in [5, 5.41) is 5.05. The number of nitrogens with zero attached hydrogens (tertiary/aromatic N) is 1. The number of benzene rings is 1. The van der Waals surface area contributed by atoms with E-state index < -0.39 is 0 Å². The second-order valence-corrected chi connectivity index (χ2v) is 6.73. The van der Waals surface area contributed by atoms with Crippen LogP contribution in [0.2, 0.25) is 0 Å². The first-order chi connectivity index (χ1) is 10.3. The average molecular weight is 283 g/mol. The lowest BCUT2D eigenvalue weighted by Crippen LogP contribution is -2.38. The van der Waals surface area contributed by atoms with Gasteiger partial charge < -0.3 is 10.3 Å². The lowest BCUT2D eigenvalue weighted by molar-refractivity contribution is 0.231. The summed E-state index contributed by atoms with van der Waals surface area (Å²) >= 11 is 0. The molecule has 3 heteroatoms. The van der Waals surface area contributed by atoms with Crippen LogP contribution in [-0.2, 0) is 6.54 Å². The maximum atomic E-state index is 3.65. The molecule has 0 spiro atoms. The number of H-pyrrole nitrogens is 1. The monoisotopic (exact) mass is 283 g/mol. The van der Waals surface area contributed by atoms with Crippen LogP contribution in [0.5, 0.6) is 0 Å². The van der Waals surface area contributed by atoms with Crippen LogP contribution in [0.25, 0.3) is 10.9 Å². The molecule has 1 aliphatic carbocycles. The maximum absolute atomic E-state index is 3.65. The number of aromatic nitrogens is 1. The SMILES string of the molecule is Cc1[nH]c2ccccc2c1CN(CC1CCCN1)C1CC1. The highest BCUT2D eigenvalue weighted by atomic mass is 15.2. The molecule has 1 aliphatic heterocycles. The predicted octanol–water partition coefficient (Wildman–Crippen LogP) is 3.19. The van der Waals surface area contributed by atoms with Gasteiger partial charge >= 0.3 is 0 Å². The third-order valence-electron chi connectivity index (χ3n) is 5.07. The first-order valence-corrected chi connectivity index (χ1v) is 8.35. The van der Waals surface area contributed by atoms with Crippen LogP contribution >= 0.6 is 0 Å². The molecule has 0 bridgehead atoms. The molecule has 1 aromatic heterocycles. The zero-order valence-electron chi connectivity index (χ0n) is 12.9. The third kappa shape index (κ3) is 2.72. The molecule has 0 radical (unpaired) electrons. The Morgan fingerprint density at radius 2 is 2.05 bits per heavy atom. The van der Waals surface area contributed by atoms with Crippen molar-refractivity contribution >= 4 is 10.9 Å². The van der Waals surface area contributed by atoms with E-state index in [9.17, 15) is 0 Å². The Morgan fingerprint density at radius 3 is 2.81 bits per heavy atom. The topological polar surface area (TPSA) is 31.1 Å². The molecule has 1 unspecified atom stereocenters. The second-order valence-electron chi connectivity index (χ2n) is 6.73. The molecular formula is C18H25N3. The Kier molecular flexibility index (Phi) is 3.48. The van der Waals surface area contributed by atoms with Gasteiger partial charge in [0.05, 0.1) is 0 Å². The van der Waals surface area contributed by atoms with Gasteiger partial charge in [-0.3, -0.25) is 4.90 Å². The summed E-state index contributed by atoms with van der Waals surface area (Å²) in [5.41, 5.74) is 4.11. The van der Waals surface area contributed by atoms with E-state index in [0.29, 0.717) is 6.04 Å². The summed E-state index contributed by atoms with van der Waals surface area (Å²) in [6.45, 7) is 5.73. The van der Waals surface area contributed by atoms with Crippen molar-refractivity contribution < 1.29 is 0 Å². The van der Waals surface area contributed by atoms with Crippen molar-refractivity contribution in [2.45, 2.75) is 51.2 Å². The van der Waals surface area contributed by atoms with Gasteiger partial charge in [0, 0.05) is 41.8 Å². The molecule has 112 valence electrons. The highest BCUT2D eigenvalue weighted by Crippen LogP contribution is 2.31. The van der Waals surface area contributed by atoms with Gasteiger partial charge in [-0.15, -0.1) is 0 Å². The summed E-state index contributed by atoms with van der Waals surface area (Å²) < 4.78 is 0. The van der Waals surface area contributed by atoms with Crippen molar-refractivity contribution in [2.24, 2.45) is 0 Å². The molecule has 1 saturated carbocycles. The van der Waals surface area contributed by atoms with E-state index in [4.69, 9.17) is 0 Å². The van der Waals surface area contributed by atoms with Crippen molar-refractivity contribution in [1.82, 2.24) is 15.2 Å². The summed E-state index contributed by atoms with van der Waals surface area (Å²) in [6.07, 6.45) is 5.45. The van der Waals surface area contributed by atoms with Crippen LogP contribution < -0.4 is 5.32 Å². The van der Waals surface area contributed by atoms with Crippen molar-refractivity contribution in [2.75, 3.05) is 13.1 Å². The fourth-order valence-corrected chi connectivity index (χ4v) is 3.72. The molecule has 1 atom stereocenters. The van der Waals surface area contributed by atoms with Crippen molar-refractivity contribution in [3.05, 3.63) is 35.5 Å². The summed E-state index contributed by atoms with van der Waals surface area (Å²) in [7, 11) is 0. The van der Waals surface area contributed by atoms with E-state index in [-0.39, 0.29) is 0 Å². The highest BCUT2D eigenvalue weighted by Gasteiger charge is 2.32. The summed E-state index contributed by atoms with van der Waals surface area (Å²) in [4.78, 5) is 6.26. The zero-order chi connectivity index (χ0) is 14.2. The number of hydrogen-bond donors (Lipinski definition) is 2. The zero-order valence-corrected chi connectivity index (χ0v) is 12.9. The molecule has 21 heavy (non-hydrogen) atoms. The largest absolute Gasteiger partial charge is 0.358 e. The number of nitrogens with one attached hydrogen (secondary N) is 2. The lowest BCUT2D eigenvalue weighted by atomic mass is 10.1. The van der Waals surface area contributed by atoms with E-state index >= 15 is 0 Å². The van der Waals surface area contributed by atoms with Gasteiger partial charge in [0.2, 0.25) is 0 Å². The van der Waals surface area contributed by atoms with Crippen LogP contribution in [0.15, 0.2) is 24.3 Å². The molecule has 2 aromatic rings. The normalized spacial score (nSPS) is 22.5. The van der Waals surface area contributed by atoms with E-state index in [1.165, 1.54) is 60.9 Å². The number of fused-ring (bicyclic) bond motifs is 1. The second kappa shape index (κ2) is 5.47. The van der Waals surface area contributed by atoms with Gasteiger partial charge in [0.15, 0.2) is 0 Å². The lowest BCUT2D eigenvalue weighted by Gasteiger charge is -2.25. The van der Waals surface area contributed by atoms with Gasteiger partial charge in [-0.05, 0) is 50.8 Å². The van der Waals surface area contributed by atoms with Gasteiger partial charge in [-0.1, -0.05) is 18.2 Å². The van der Waals surface area contributed by atoms with Crippen molar-refractivity contribution in [3.8, 4) is 0 Å². The van der Waals surface area contributed by atoms with E-state index in [1.54, 1.807) is 0 Å². The summed E-state index contributed by atoms with van der Waals surface area (Å²) in [5.74, 6) is 0. The van der Waals surface area contributed by atoms with Gasteiger partial charge in [0.25, 0.3) is 0 Å². The number of aryl methyl sites for hydroxylation is 1.